The molecule has 18 heavy (non-hydrogen) atoms. The van der Waals surface area contributed by atoms with E-state index in [1.807, 2.05) is 6.92 Å². The Morgan fingerprint density at radius 1 is 1.56 bits per heavy atom. The lowest BCUT2D eigenvalue weighted by Crippen LogP contribution is -2.36. The Morgan fingerprint density at radius 2 is 2.28 bits per heavy atom. The minimum absolute atomic E-state index is 0.121. The maximum atomic E-state index is 12.4. The van der Waals surface area contributed by atoms with Crippen molar-refractivity contribution >= 4 is 27.3 Å². The van der Waals surface area contributed by atoms with E-state index in [1.165, 1.54) is 15.6 Å². The summed E-state index contributed by atoms with van der Waals surface area (Å²) in [6, 6.07) is 2.94. The van der Waals surface area contributed by atoms with Crippen molar-refractivity contribution < 1.29 is 18.3 Å². The van der Waals surface area contributed by atoms with Gasteiger partial charge in [-0.2, -0.15) is 4.31 Å². The third kappa shape index (κ3) is 2.57. The third-order valence-electron chi connectivity index (χ3n) is 3.01. The molecular formula is C11H15NO4S2. The van der Waals surface area contributed by atoms with Gasteiger partial charge in [0.05, 0.1) is 6.42 Å². The van der Waals surface area contributed by atoms with Gasteiger partial charge >= 0.3 is 5.97 Å². The quantitative estimate of drug-likeness (QED) is 0.915. The van der Waals surface area contributed by atoms with Crippen LogP contribution in [0.3, 0.4) is 0 Å². The molecule has 0 radical (unpaired) electrons. The Morgan fingerprint density at radius 3 is 2.83 bits per heavy atom. The largest absolute Gasteiger partial charge is 0.481 e. The molecule has 7 heteroatoms. The first-order valence-electron chi connectivity index (χ1n) is 5.71. The van der Waals surface area contributed by atoms with Crippen LogP contribution in [-0.4, -0.2) is 36.4 Å². The molecule has 5 nitrogen and oxygen atoms in total. The predicted octanol–water partition coefficient (Wildman–Crippen LogP) is 1.68. The molecule has 2 heterocycles. The van der Waals surface area contributed by atoms with Crippen LogP contribution in [0.4, 0.5) is 0 Å². The monoisotopic (exact) mass is 289 g/mol. The van der Waals surface area contributed by atoms with Crippen LogP contribution in [0.15, 0.2) is 16.3 Å². The molecule has 1 N–H and O–H groups in total. The van der Waals surface area contributed by atoms with Crippen molar-refractivity contribution in [1.29, 1.82) is 0 Å². The minimum Gasteiger partial charge on any atom is -0.481 e. The van der Waals surface area contributed by atoms with Gasteiger partial charge < -0.3 is 5.11 Å². The molecular weight excluding hydrogens is 274 g/mol. The number of carbonyl (C=O) groups is 1. The van der Waals surface area contributed by atoms with Gasteiger partial charge in [-0.1, -0.05) is 0 Å². The second-order valence-corrected chi connectivity index (χ2v) is 7.78. The second-order valence-electron chi connectivity index (χ2n) is 4.37. The SMILES string of the molecule is Cc1ccc(S(=O)(=O)N2CCCC2CC(=O)O)s1. The standard InChI is InChI=1S/C11H15NO4S2/c1-8-4-5-11(17-8)18(15,16)12-6-2-3-9(12)7-10(13)14/h4-5,9H,2-3,6-7H2,1H3,(H,13,14). The van der Waals surface area contributed by atoms with Gasteiger partial charge in [0, 0.05) is 17.5 Å². The van der Waals surface area contributed by atoms with Crippen molar-refractivity contribution in [2.24, 2.45) is 0 Å². The van der Waals surface area contributed by atoms with Crippen LogP contribution in [0, 0.1) is 6.92 Å². The minimum atomic E-state index is -3.52. The Hall–Kier alpha value is -0.920. The molecule has 1 fully saturated rings. The van der Waals surface area contributed by atoms with E-state index in [-0.39, 0.29) is 6.42 Å². The highest BCUT2D eigenvalue weighted by Crippen LogP contribution is 2.31. The number of rotatable bonds is 4. The molecule has 0 saturated carbocycles. The summed E-state index contributed by atoms with van der Waals surface area (Å²) in [5.74, 6) is -0.954. The zero-order valence-corrected chi connectivity index (χ0v) is 11.6. The number of thiophene rings is 1. The zero-order valence-electron chi connectivity index (χ0n) is 10.00. The Kier molecular flexibility index (Phi) is 3.74. The molecule has 2 rings (SSSR count). The molecule has 0 aliphatic carbocycles. The number of sulfonamides is 1. The first kappa shape index (κ1) is 13.5. The lowest BCUT2D eigenvalue weighted by Gasteiger charge is -2.21. The zero-order chi connectivity index (χ0) is 13.3. The van der Waals surface area contributed by atoms with Gasteiger partial charge in [0.1, 0.15) is 4.21 Å². The molecule has 1 aliphatic rings. The molecule has 1 aliphatic heterocycles. The summed E-state index contributed by atoms with van der Waals surface area (Å²) < 4.78 is 26.4. The summed E-state index contributed by atoms with van der Waals surface area (Å²) in [5, 5.41) is 8.81. The van der Waals surface area contributed by atoms with Crippen LogP contribution >= 0.6 is 11.3 Å². The van der Waals surface area contributed by atoms with E-state index >= 15 is 0 Å². The van der Waals surface area contributed by atoms with E-state index in [9.17, 15) is 13.2 Å². The van der Waals surface area contributed by atoms with Crippen molar-refractivity contribution in [2.75, 3.05) is 6.54 Å². The summed E-state index contributed by atoms with van der Waals surface area (Å²) in [7, 11) is -3.52. The van der Waals surface area contributed by atoms with Crippen molar-refractivity contribution in [2.45, 2.75) is 36.4 Å². The number of hydrogen-bond donors (Lipinski definition) is 1. The summed E-state index contributed by atoms with van der Waals surface area (Å²) in [6.45, 7) is 2.26. The molecule has 0 bridgehead atoms. The average molecular weight is 289 g/mol. The number of aliphatic carboxylic acids is 1. The molecule has 100 valence electrons. The van der Waals surface area contributed by atoms with Crippen LogP contribution in [0.1, 0.15) is 24.1 Å². The highest BCUT2D eigenvalue weighted by atomic mass is 32.2. The first-order valence-corrected chi connectivity index (χ1v) is 7.97. The molecule has 1 atom stereocenters. The predicted molar refractivity (Wildman–Crippen MR) is 68.2 cm³/mol. The first-order chi connectivity index (χ1) is 8.41. The molecule has 1 aromatic heterocycles. The van der Waals surface area contributed by atoms with Crippen LogP contribution in [0.2, 0.25) is 0 Å². The van der Waals surface area contributed by atoms with Gasteiger partial charge in [-0.15, -0.1) is 11.3 Å². The lowest BCUT2D eigenvalue weighted by molar-refractivity contribution is -0.137. The van der Waals surface area contributed by atoms with Crippen LogP contribution in [0.5, 0.6) is 0 Å². The molecule has 0 amide bonds. The van der Waals surface area contributed by atoms with Crippen molar-refractivity contribution in [1.82, 2.24) is 4.31 Å². The highest BCUT2D eigenvalue weighted by molar-refractivity contribution is 7.91. The van der Waals surface area contributed by atoms with E-state index in [1.54, 1.807) is 12.1 Å². The summed E-state index contributed by atoms with van der Waals surface area (Å²) in [6.07, 6.45) is 1.22. The lowest BCUT2D eigenvalue weighted by atomic mass is 10.2. The van der Waals surface area contributed by atoms with Gasteiger partial charge in [-0.25, -0.2) is 8.42 Å². The van der Waals surface area contributed by atoms with Gasteiger partial charge in [-0.05, 0) is 31.9 Å². The Bertz CT molecular complexity index is 549. The van der Waals surface area contributed by atoms with E-state index in [0.717, 1.165) is 11.3 Å². The average Bonchev–Trinajstić information content (AvgIpc) is 2.86. The Balaban J connectivity index is 2.26. The molecule has 0 aromatic carbocycles. The maximum absolute atomic E-state index is 12.4. The maximum Gasteiger partial charge on any atom is 0.304 e. The molecule has 1 aromatic rings. The Labute approximate surface area is 110 Å². The molecule has 1 unspecified atom stereocenters. The molecule has 0 spiro atoms. The van der Waals surface area contributed by atoms with Crippen LogP contribution in [0.25, 0.3) is 0 Å². The molecule has 1 saturated heterocycles. The topological polar surface area (TPSA) is 74.7 Å². The summed E-state index contributed by atoms with van der Waals surface area (Å²) in [5.41, 5.74) is 0. The van der Waals surface area contributed by atoms with E-state index in [4.69, 9.17) is 5.11 Å². The normalized spacial score (nSPS) is 21.3. The van der Waals surface area contributed by atoms with E-state index in [2.05, 4.69) is 0 Å². The summed E-state index contributed by atoms with van der Waals surface area (Å²) >= 11 is 1.23. The number of hydrogen-bond acceptors (Lipinski definition) is 4. The van der Waals surface area contributed by atoms with Crippen molar-refractivity contribution in [3.05, 3.63) is 17.0 Å². The van der Waals surface area contributed by atoms with Gasteiger partial charge in [-0.3, -0.25) is 4.79 Å². The number of nitrogens with zero attached hydrogens (tertiary/aromatic N) is 1. The smallest absolute Gasteiger partial charge is 0.304 e. The third-order valence-corrected chi connectivity index (χ3v) is 6.43. The fourth-order valence-corrected chi connectivity index (χ4v) is 5.30. The van der Waals surface area contributed by atoms with Gasteiger partial charge in [0.15, 0.2) is 0 Å². The number of aryl methyl sites for hydroxylation is 1. The fraction of sp³-hybridized carbons (Fsp3) is 0.545. The van der Waals surface area contributed by atoms with Crippen LogP contribution < -0.4 is 0 Å². The fourth-order valence-electron chi connectivity index (χ4n) is 2.20. The van der Waals surface area contributed by atoms with Crippen molar-refractivity contribution in [3.63, 3.8) is 0 Å². The highest BCUT2D eigenvalue weighted by Gasteiger charge is 2.36. The van der Waals surface area contributed by atoms with E-state index in [0.29, 0.717) is 17.2 Å². The second kappa shape index (κ2) is 4.99. The van der Waals surface area contributed by atoms with Gasteiger partial charge in [0.2, 0.25) is 0 Å². The number of carboxylic acid groups (broad SMARTS) is 1. The van der Waals surface area contributed by atoms with E-state index < -0.39 is 22.0 Å². The van der Waals surface area contributed by atoms with Gasteiger partial charge in [0.25, 0.3) is 10.0 Å². The number of carboxylic acids is 1. The van der Waals surface area contributed by atoms with Crippen molar-refractivity contribution in [3.8, 4) is 0 Å². The summed E-state index contributed by atoms with van der Waals surface area (Å²) in [4.78, 5) is 11.7. The van der Waals surface area contributed by atoms with Crippen LogP contribution in [-0.2, 0) is 14.8 Å².